The Morgan fingerprint density at radius 2 is 1.95 bits per heavy atom. The summed E-state index contributed by atoms with van der Waals surface area (Å²) >= 11 is 0. The molecule has 0 fully saturated rings. The number of unbranched alkanes of at least 4 members (excludes halogenated alkanes) is 1. The molecule has 3 heteroatoms. The van der Waals surface area contributed by atoms with Crippen molar-refractivity contribution in [2.75, 3.05) is 13.1 Å². The summed E-state index contributed by atoms with van der Waals surface area (Å²) in [5, 5.41) is 0.821. The maximum Gasteiger partial charge on any atom is 0.198 e. The smallest absolute Gasteiger partial charge is 0.198 e. The molecule has 1 atom stereocenters. The lowest BCUT2D eigenvalue weighted by Crippen LogP contribution is -3.10. The van der Waals surface area contributed by atoms with Gasteiger partial charge in [-0.15, -0.1) is 0 Å². The lowest BCUT2D eigenvalue weighted by Gasteiger charge is -2.18. The van der Waals surface area contributed by atoms with Crippen LogP contribution in [0.2, 0.25) is 0 Å². The van der Waals surface area contributed by atoms with Gasteiger partial charge in [0, 0.05) is 16.6 Å². The topological polar surface area (TPSA) is 37.3 Å². The molecule has 2 aromatic rings. The number of aromatic nitrogens is 1. The number of fused-ring (bicyclic) bond motifs is 1. The number of aryl methyl sites for hydroxylation is 2. The van der Waals surface area contributed by atoms with E-state index in [1.165, 1.54) is 17.7 Å². The molecule has 114 valence electrons. The quantitative estimate of drug-likeness (QED) is 0.841. The molecule has 2 rings (SSSR count). The highest BCUT2D eigenvalue weighted by molar-refractivity contribution is 5.80. The van der Waals surface area contributed by atoms with E-state index in [4.69, 9.17) is 0 Å². The van der Waals surface area contributed by atoms with Gasteiger partial charge in [-0.1, -0.05) is 25.0 Å². The van der Waals surface area contributed by atoms with Crippen LogP contribution >= 0.6 is 0 Å². The Kier molecular flexibility index (Phi) is 5.18. The summed E-state index contributed by atoms with van der Waals surface area (Å²) in [5.74, 6) is 0. The van der Waals surface area contributed by atoms with Crippen molar-refractivity contribution in [1.29, 1.82) is 0 Å². The summed E-state index contributed by atoms with van der Waals surface area (Å²) in [6.45, 7) is 11.5. The Bertz CT molecular complexity index is 673. The molecule has 0 bridgehead atoms. The lowest BCUT2D eigenvalue weighted by atomic mass is 10.1. The van der Waals surface area contributed by atoms with E-state index in [1.807, 2.05) is 32.0 Å². The van der Waals surface area contributed by atoms with Crippen LogP contribution in [0.5, 0.6) is 0 Å². The van der Waals surface area contributed by atoms with Gasteiger partial charge < -0.3 is 9.88 Å². The van der Waals surface area contributed by atoms with Crippen LogP contribution in [0.1, 0.15) is 43.5 Å². The third-order valence-electron chi connectivity index (χ3n) is 4.28. The van der Waals surface area contributed by atoms with Crippen LogP contribution < -0.4 is 10.3 Å². The van der Waals surface area contributed by atoms with Gasteiger partial charge in [-0.05, 0) is 39.3 Å². The maximum absolute atomic E-state index is 12.8. The van der Waals surface area contributed by atoms with Crippen LogP contribution in [-0.4, -0.2) is 18.1 Å². The second kappa shape index (κ2) is 6.90. The van der Waals surface area contributed by atoms with Gasteiger partial charge in [0.2, 0.25) is 0 Å². The average Bonchev–Trinajstić information content (AvgIpc) is 2.47. The van der Waals surface area contributed by atoms with Crippen LogP contribution in [0.25, 0.3) is 10.9 Å². The fraction of sp³-hybridized carbons (Fsp3) is 0.500. The molecule has 21 heavy (non-hydrogen) atoms. The van der Waals surface area contributed by atoms with Gasteiger partial charge in [0.05, 0.1) is 18.7 Å². The van der Waals surface area contributed by atoms with Crippen molar-refractivity contribution in [3.8, 4) is 0 Å². The summed E-state index contributed by atoms with van der Waals surface area (Å²) < 4.78 is 0. The normalized spacial score (nSPS) is 12.8. The minimum absolute atomic E-state index is 0.201. The second-order valence-electron chi connectivity index (χ2n) is 5.99. The zero-order valence-corrected chi connectivity index (χ0v) is 13.7. The summed E-state index contributed by atoms with van der Waals surface area (Å²) in [6.07, 6.45) is 2.42. The second-order valence-corrected chi connectivity index (χ2v) is 5.99. The van der Waals surface area contributed by atoms with Crippen LogP contribution in [0.4, 0.5) is 0 Å². The summed E-state index contributed by atoms with van der Waals surface area (Å²) in [6, 6.07) is 6.04. The molecule has 1 heterocycles. The van der Waals surface area contributed by atoms with Gasteiger partial charge in [-0.3, -0.25) is 4.79 Å². The van der Waals surface area contributed by atoms with E-state index in [9.17, 15) is 4.79 Å². The van der Waals surface area contributed by atoms with Gasteiger partial charge in [-0.25, -0.2) is 0 Å². The molecule has 1 aromatic heterocycles. The van der Waals surface area contributed by atoms with Crippen molar-refractivity contribution in [3.63, 3.8) is 0 Å². The first-order chi connectivity index (χ1) is 10.1. The summed E-state index contributed by atoms with van der Waals surface area (Å²) in [5.41, 5.74) is 4.24. The Morgan fingerprint density at radius 1 is 1.19 bits per heavy atom. The van der Waals surface area contributed by atoms with Crippen molar-refractivity contribution in [2.45, 2.75) is 47.1 Å². The van der Waals surface area contributed by atoms with Gasteiger partial charge >= 0.3 is 0 Å². The fourth-order valence-electron chi connectivity index (χ4n) is 2.85. The molecular weight excluding hydrogens is 260 g/mol. The largest absolute Gasteiger partial charge is 0.358 e. The van der Waals surface area contributed by atoms with Crippen LogP contribution in [0.3, 0.4) is 0 Å². The van der Waals surface area contributed by atoms with E-state index in [0.29, 0.717) is 0 Å². The summed E-state index contributed by atoms with van der Waals surface area (Å²) in [4.78, 5) is 17.7. The summed E-state index contributed by atoms with van der Waals surface area (Å²) in [7, 11) is 0. The Morgan fingerprint density at radius 3 is 2.62 bits per heavy atom. The monoisotopic (exact) mass is 287 g/mol. The standard InChI is InChI=1S/C18H26N2O/c1-5-7-10-20(6-2)12-16-14(4)19-17-9-8-13(3)11-15(17)18(16)21/h8-9,11H,5-7,10,12H2,1-4H3,(H,19,21)/p+1. The number of benzene rings is 1. The highest BCUT2D eigenvalue weighted by Crippen LogP contribution is 2.12. The van der Waals surface area contributed by atoms with Crippen LogP contribution in [0, 0.1) is 13.8 Å². The number of hydrogen-bond donors (Lipinski definition) is 2. The first-order valence-electron chi connectivity index (χ1n) is 8.02. The molecular formula is C18H27N2O+. The zero-order valence-electron chi connectivity index (χ0n) is 13.7. The van der Waals surface area contributed by atoms with Crippen molar-refractivity contribution < 1.29 is 4.90 Å². The average molecular weight is 287 g/mol. The number of hydrogen-bond acceptors (Lipinski definition) is 1. The Labute approximate surface area is 127 Å². The first kappa shape index (κ1) is 15.8. The molecule has 0 amide bonds. The minimum atomic E-state index is 0.201. The lowest BCUT2D eigenvalue weighted by molar-refractivity contribution is -0.912. The number of aromatic amines is 1. The van der Waals surface area contributed by atoms with Gasteiger partial charge in [0.1, 0.15) is 6.54 Å². The van der Waals surface area contributed by atoms with E-state index >= 15 is 0 Å². The number of quaternary nitrogens is 1. The molecule has 0 saturated heterocycles. The predicted octanol–water partition coefficient (Wildman–Crippen LogP) is 2.35. The van der Waals surface area contributed by atoms with E-state index in [1.54, 1.807) is 0 Å². The maximum atomic E-state index is 12.8. The molecule has 3 nitrogen and oxygen atoms in total. The third kappa shape index (κ3) is 3.53. The van der Waals surface area contributed by atoms with Crippen molar-refractivity contribution in [2.24, 2.45) is 0 Å². The molecule has 0 aliphatic carbocycles. The van der Waals surface area contributed by atoms with Crippen LogP contribution in [0.15, 0.2) is 23.0 Å². The van der Waals surface area contributed by atoms with Gasteiger partial charge in [0.15, 0.2) is 5.43 Å². The Hall–Kier alpha value is -1.61. The first-order valence-corrected chi connectivity index (χ1v) is 8.02. The van der Waals surface area contributed by atoms with Crippen molar-refractivity contribution in [1.82, 2.24) is 4.98 Å². The van der Waals surface area contributed by atoms with E-state index in [2.05, 4.69) is 18.8 Å². The number of H-pyrrole nitrogens is 1. The van der Waals surface area contributed by atoms with E-state index in [-0.39, 0.29) is 5.43 Å². The minimum Gasteiger partial charge on any atom is -0.358 e. The molecule has 0 radical (unpaired) electrons. The molecule has 2 N–H and O–H groups in total. The zero-order chi connectivity index (χ0) is 15.4. The Balaban J connectivity index is 2.41. The van der Waals surface area contributed by atoms with Crippen LogP contribution in [-0.2, 0) is 6.54 Å². The molecule has 1 unspecified atom stereocenters. The molecule has 0 spiro atoms. The predicted molar refractivity (Wildman–Crippen MR) is 89.0 cm³/mol. The molecule has 0 aliphatic heterocycles. The number of pyridine rings is 1. The number of nitrogens with one attached hydrogen (secondary N) is 2. The molecule has 1 aromatic carbocycles. The third-order valence-corrected chi connectivity index (χ3v) is 4.28. The van der Waals surface area contributed by atoms with Gasteiger partial charge in [0.25, 0.3) is 0 Å². The van der Waals surface area contributed by atoms with E-state index in [0.717, 1.165) is 47.4 Å². The highest BCUT2D eigenvalue weighted by atomic mass is 16.1. The molecule has 0 aliphatic rings. The van der Waals surface area contributed by atoms with E-state index < -0.39 is 0 Å². The number of rotatable bonds is 6. The van der Waals surface area contributed by atoms with Crippen molar-refractivity contribution >= 4 is 10.9 Å². The van der Waals surface area contributed by atoms with Gasteiger partial charge in [-0.2, -0.15) is 0 Å². The SMILES string of the molecule is CCCC[NH+](CC)Cc1c(C)[nH]c2ccc(C)cc2c1=O. The van der Waals surface area contributed by atoms with Crippen molar-refractivity contribution in [3.05, 3.63) is 45.2 Å². The highest BCUT2D eigenvalue weighted by Gasteiger charge is 2.15. The molecule has 0 saturated carbocycles. The fourth-order valence-corrected chi connectivity index (χ4v) is 2.85.